The fourth-order valence-corrected chi connectivity index (χ4v) is 3.13. The molecule has 3 heterocycles. The number of H-pyrrole nitrogens is 1. The summed E-state index contributed by atoms with van der Waals surface area (Å²) in [6, 6.07) is 5.79. The van der Waals surface area contributed by atoms with Gasteiger partial charge in [-0.1, -0.05) is 6.07 Å². The molecule has 2 aliphatic heterocycles. The highest BCUT2D eigenvalue weighted by molar-refractivity contribution is 5.90. The number of aromatic amines is 1. The van der Waals surface area contributed by atoms with Gasteiger partial charge in [0, 0.05) is 23.7 Å². The van der Waals surface area contributed by atoms with Crippen molar-refractivity contribution in [1.29, 1.82) is 0 Å². The molecule has 0 aliphatic carbocycles. The minimum absolute atomic E-state index is 0.146. The van der Waals surface area contributed by atoms with Gasteiger partial charge in [0.05, 0.1) is 38.2 Å². The molecule has 2 aliphatic rings. The maximum Gasteiger partial charge on any atom is 0.414 e. The summed E-state index contributed by atoms with van der Waals surface area (Å²) in [4.78, 5) is 24.8. The van der Waals surface area contributed by atoms with E-state index in [-0.39, 0.29) is 12.0 Å². The SMILES string of the molecule is CC(=O)NCC1CN(c2ccc3c(c2)COCc2cn[nH]c2-3)C(=O)O1. The quantitative estimate of drug-likeness (QED) is 0.882. The van der Waals surface area contributed by atoms with Gasteiger partial charge in [0.25, 0.3) is 0 Å². The van der Waals surface area contributed by atoms with Gasteiger partial charge in [0.1, 0.15) is 6.10 Å². The van der Waals surface area contributed by atoms with E-state index in [0.717, 1.165) is 28.1 Å². The van der Waals surface area contributed by atoms with E-state index in [1.165, 1.54) is 6.92 Å². The first-order valence-corrected chi connectivity index (χ1v) is 8.07. The molecule has 130 valence electrons. The van der Waals surface area contributed by atoms with Crippen molar-refractivity contribution in [3.8, 4) is 11.3 Å². The van der Waals surface area contributed by atoms with E-state index in [4.69, 9.17) is 9.47 Å². The molecule has 0 bridgehead atoms. The molecule has 4 rings (SSSR count). The number of fused-ring (bicyclic) bond motifs is 3. The zero-order chi connectivity index (χ0) is 17.4. The Hall–Kier alpha value is -2.87. The summed E-state index contributed by atoms with van der Waals surface area (Å²) in [5, 5.41) is 9.76. The highest BCUT2D eigenvalue weighted by Crippen LogP contribution is 2.33. The van der Waals surface area contributed by atoms with Crippen LogP contribution < -0.4 is 10.2 Å². The van der Waals surface area contributed by atoms with Crippen molar-refractivity contribution in [3.63, 3.8) is 0 Å². The number of ether oxygens (including phenoxy) is 2. The van der Waals surface area contributed by atoms with Crippen LogP contribution in [0.25, 0.3) is 11.3 Å². The molecular formula is C17H18N4O4. The number of nitrogens with zero attached hydrogens (tertiary/aromatic N) is 2. The Morgan fingerprint density at radius 3 is 3.08 bits per heavy atom. The van der Waals surface area contributed by atoms with E-state index in [9.17, 15) is 9.59 Å². The Balaban J connectivity index is 1.58. The molecular weight excluding hydrogens is 324 g/mol. The van der Waals surface area contributed by atoms with Gasteiger partial charge in [-0.15, -0.1) is 0 Å². The Morgan fingerprint density at radius 2 is 2.24 bits per heavy atom. The number of hydrogen-bond donors (Lipinski definition) is 2. The number of carbonyl (C=O) groups is 2. The number of cyclic esters (lactones) is 1. The first-order valence-electron chi connectivity index (χ1n) is 8.07. The molecule has 1 unspecified atom stereocenters. The maximum absolute atomic E-state index is 12.2. The van der Waals surface area contributed by atoms with Gasteiger partial charge in [-0.2, -0.15) is 5.10 Å². The Labute approximate surface area is 144 Å². The van der Waals surface area contributed by atoms with Crippen LogP contribution >= 0.6 is 0 Å². The Morgan fingerprint density at radius 1 is 1.40 bits per heavy atom. The molecule has 8 heteroatoms. The van der Waals surface area contributed by atoms with E-state index in [2.05, 4.69) is 15.5 Å². The molecule has 0 radical (unpaired) electrons. The first-order chi connectivity index (χ1) is 12.1. The Bertz CT molecular complexity index is 832. The molecule has 1 aromatic heterocycles. The van der Waals surface area contributed by atoms with Crippen LogP contribution in [0.3, 0.4) is 0 Å². The van der Waals surface area contributed by atoms with Gasteiger partial charge in [0.15, 0.2) is 0 Å². The van der Waals surface area contributed by atoms with Crippen molar-refractivity contribution in [2.45, 2.75) is 26.2 Å². The molecule has 0 saturated carbocycles. The van der Waals surface area contributed by atoms with Crippen molar-refractivity contribution < 1.29 is 19.1 Å². The molecule has 1 saturated heterocycles. The van der Waals surface area contributed by atoms with E-state index in [1.807, 2.05) is 18.2 Å². The highest BCUT2D eigenvalue weighted by Gasteiger charge is 2.33. The zero-order valence-electron chi connectivity index (χ0n) is 13.7. The smallest absolute Gasteiger partial charge is 0.414 e. The van der Waals surface area contributed by atoms with Crippen molar-refractivity contribution >= 4 is 17.7 Å². The van der Waals surface area contributed by atoms with E-state index in [0.29, 0.717) is 26.3 Å². The number of nitrogens with one attached hydrogen (secondary N) is 2. The van der Waals surface area contributed by atoms with Crippen LogP contribution in [-0.4, -0.2) is 41.4 Å². The largest absolute Gasteiger partial charge is 0.442 e. The number of benzene rings is 1. The van der Waals surface area contributed by atoms with E-state index >= 15 is 0 Å². The molecule has 8 nitrogen and oxygen atoms in total. The molecule has 1 fully saturated rings. The van der Waals surface area contributed by atoms with Crippen LogP contribution in [0.4, 0.5) is 10.5 Å². The summed E-state index contributed by atoms with van der Waals surface area (Å²) in [5.41, 5.74) is 4.73. The third-order valence-electron chi connectivity index (χ3n) is 4.36. The predicted molar refractivity (Wildman–Crippen MR) is 88.8 cm³/mol. The van der Waals surface area contributed by atoms with Crippen LogP contribution in [0.2, 0.25) is 0 Å². The van der Waals surface area contributed by atoms with E-state index < -0.39 is 6.09 Å². The molecule has 2 aromatic rings. The second-order valence-corrected chi connectivity index (χ2v) is 6.16. The van der Waals surface area contributed by atoms with Crippen LogP contribution in [-0.2, 0) is 27.5 Å². The number of rotatable bonds is 3. The van der Waals surface area contributed by atoms with Crippen LogP contribution in [0.15, 0.2) is 24.4 Å². The van der Waals surface area contributed by atoms with Crippen LogP contribution in [0.5, 0.6) is 0 Å². The fraction of sp³-hybridized carbons (Fsp3) is 0.353. The number of anilines is 1. The lowest BCUT2D eigenvalue weighted by Gasteiger charge is -2.16. The molecule has 1 atom stereocenters. The van der Waals surface area contributed by atoms with Crippen LogP contribution in [0, 0.1) is 0 Å². The topological polar surface area (TPSA) is 96.5 Å². The van der Waals surface area contributed by atoms with Crippen molar-refractivity contribution in [2.24, 2.45) is 0 Å². The minimum Gasteiger partial charge on any atom is -0.442 e. The lowest BCUT2D eigenvalue weighted by Crippen LogP contribution is -2.33. The number of aromatic nitrogens is 2. The van der Waals surface area contributed by atoms with Gasteiger partial charge in [0.2, 0.25) is 5.91 Å². The van der Waals surface area contributed by atoms with E-state index in [1.54, 1.807) is 11.1 Å². The molecule has 25 heavy (non-hydrogen) atoms. The lowest BCUT2D eigenvalue weighted by molar-refractivity contribution is -0.119. The molecule has 0 spiro atoms. The molecule has 2 N–H and O–H groups in total. The fourth-order valence-electron chi connectivity index (χ4n) is 3.13. The van der Waals surface area contributed by atoms with Crippen molar-refractivity contribution in [1.82, 2.24) is 15.5 Å². The average Bonchev–Trinajstić information content (AvgIpc) is 3.15. The summed E-state index contributed by atoms with van der Waals surface area (Å²) in [6.07, 6.45) is 1.00. The predicted octanol–water partition coefficient (Wildman–Crippen LogP) is 1.57. The summed E-state index contributed by atoms with van der Waals surface area (Å²) < 4.78 is 11.0. The summed E-state index contributed by atoms with van der Waals surface area (Å²) in [5.74, 6) is -0.146. The van der Waals surface area contributed by atoms with Gasteiger partial charge < -0.3 is 14.8 Å². The second-order valence-electron chi connectivity index (χ2n) is 6.16. The zero-order valence-corrected chi connectivity index (χ0v) is 13.7. The second kappa shape index (κ2) is 6.21. The standard InChI is InChI=1S/C17H18N4O4/c1-10(22)18-6-14-7-21(17(23)25-14)13-2-3-15-11(4-13)8-24-9-12-5-19-20-16(12)15/h2-5,14H,6-9H2,1H3,(H,18,22)(H,19,20). The number of amides is 2. The van der Waals surface area contributed by atoms with Gasteiger partial charge in [-0.05, 0) is 17.7 Å². The summed E-state index contributed by atoms with van der Waals surface area (Å²) in [7, 11) is 0. The average molecular weight is 342 g/mol. The number of carbonyl (C=O) groups excluding carboxylic acids is 2. The lowest BCUT2D eigenvalue weighted by atomic mass is 10.0. The third-order valence-corrected chi connectivity index (χ3v) is 4.36. The monoisotopic (exact) mass is 342 g/mol. The normalized spacial score (nSPS) is 19.0. The van der Waals surface area contributed by atoms with Gasteiger partial charge in [-0.25, -0.2) is 4.79 Å². The third kappa shape index (κ3) is 2.96. The summed E-state index contributed by atoms with van der Waals surface area (Å²) >= 11 is 0. The minimum atomic E-state index is -0.410. The molecule has 2 amide bonds. The van der Waals surface area contributed by atoms with Crippen LogP contribution in [0.1, 0.15) is 18.1 Å². The van der Waals surface area contributed by atoms with Gasteiger partial charge in [-0.3, -0.25) is 14.8 Å². The van der Waals surface area contributed by atoms with Gasteiger partial charge >= 0.3 is 6.09 Å². The highest BCUT2D eigenvalue weighted by atomic mass is 16.6. The Kier molecular flexibility index (Phi) is 3.89. The number of hydrogen-bond acceptors (Lipinski definition) is 5. The molecule has 1 aromatic carbocycles. The van der Waals surface area contributed by atoms with Crippen molar-refractivity contribution in [2.75, 3.05) is 18.0 Å². The first kappa shape index (κ1) is 15.6. The maximum atomic E-state index is 12.2. The summed E-state index contributed by atoms with van der Waals surface area (Å²) in [6.45, 7) is 3.10. The van der Waals surface area contributed by atoms with Crippen molar-refractivity contribution in [3.05, 3.63) is 35.5 Å².